The fraction of sp³-hybridized carbons (Fsp3) is 0.300. The van der Waals surface area contributed by atoms with Gasteiger partial charge in [0.25, 0.3) is 0 Å². The second-order valence-corrected chi connectivity index (χ2v) is 6.28. The quantitative estimate of drug-likeness (QED) is 0.847. The third-order valence-electron chi connectivity index (χ3n) is 4.30. The van der Waals surface area contributed by atoms with E-state index in [4.69, 9.17) is 0 Å². The summed E-state index contributed by atoms with van der Waals surface area (Å²) in [6, 6.07) is 15.5. The lowest BCUT2D eigenvalue weighted by Gasteiger charge is -2.13. The Kier molecular flexibility index (Phi) is 4.94. The lowest BCUT2D eigenvalue weighted by Crippen LogP contribution is -2.16. The summed E-state index contributed by atoms with van der Waals surface area (Å²) in [6.45, 7) is 1.91. The highest BCUT2D eigenvalue weighted by molar-refractivity contribution is 5.97. The van der Waals surface area contributed by atoms with Crippen molar-refractivity contribution in [2.75, 3.05) is 10.6 Å². The van der Waals surface area contributed by atoms with E-state index in [9.17, 15) is 9.59 Å². The minimum absolute atomic E-state index is 0.0207. The molecule has 2 N–H and O–H groups in total. The molecule has 0 heterocycles. The summed E-state index contributed by atoms with van der Waals surface area (Å²) < 4.78 is 0. The average molecular weight is 322 g/mol. The Hall–Kier alpha value is -2.62. The van der Waals surface area contributed by atoms with Gasteiger partial charge in [0.15, 0.2) is 0 Å². The molecule has 3 rings (SSSR count). The molecule has 4 nitrogen and oxygen atoms in total. The SMILES string of the molecule is Cc1c(NC(=O)CCc2ccccc2)cccc1NC(=O)C1CC1. The van der Waals surface area contributed by atoms with Gasteiger partial charge in [-0.3, -0.25) is 9.59 Å². The van der Waals surface area contributed by atoms with Crippen molar-refractivity contribution in [3.63, 3.8) is 0 Å². The van der Waals surface area contributed by atoms with Gasteiger partial charge in [-0.25, -0.2) is 0 Å². The third-order valence-corrected chi connectivity index (χ3v) is 4.30. The highest BCUT2D eigenvalue weighted by atomic mass is 16.2. The molecule has 0 unspecified atom stereocenters. The molecule has 0 radical (unpaired) electrons. The molecule has 0 bridgehead atoms. The van der Waals surface area contributed by atoms with Crippen molar-refractivity contribution in [3.05, 3.63) is 59.7 Å². The van der Waals surface area contributed by atoms with Gasteiger partial charge < -0.3 is 10.6 Å². The van der Waals surface area contributed by atoms with Crippen molar-refractivity contribution in [1.82, 2.24) is 0 Å². The minimum atomic E-state index is -0.0207. The molecule has 2 aromatic carbocycles. The summed E-state index contributed by atoms with van der Waals surface area (Å²) in [4.78, 5) is 24.1. The van der Waals surface area contributed by atoms with Crippen LogP contribution in [0.2, 0.25) is 0 Å². The van der Waals surface area contributed by atoms with E-state index in [0.717, 1.165) is 35.3 Å². The van der Waals surface area contributed by atoms with Crippen LogP contribution in [0.15, 0.2) is 48.5 Å². The molecule has 1 aliphatic rings. The van der Waals surface area contributed by atoms with E-state index in [2.05, 4.69) is 10.6 Å². The molecule has 1 aliphatic carbocycles. The van der Waals surface area contributed by atoms with Crippen molar-refractivity contribution in [1.29, 1.82) is 0 Å². The number of amides is 2. The van der Waals surface area contributed by atoms with Crippen molar-refractivity contribution in [2.24, 2.45) is 5.92 Å². The van der Waals surface area contributed by atoms with Crippen LogP contribution >= 0.6 is 0 Å². The molecule has 1 fully saturated rings. The molecule has 4 heteroatoms. The Morgan fingerprint density at radius 2 is 1.62 bits per heavy atom. The molecule has 1 saturated carbocycles. The van der Waals surface area contributed by atoms with E-state index in [1.54, 1.807) is 0 Å². The monoisotopic (exact) mass is 322 g/mol. The van der Waals surface area contributed by atoms with Crippen LogP contribution in [0.25, 0.3) is 0 Å². The number of aryl methyl sites for hydroxylation is 1. The number of carbonyl (C=O) groups excluding carboxylic acids is 2. The van der Waals surface area contributed by atoms with Crippen LogP contribution in [0.1, 0.15) is 30.4 Å². The topological polar surface area (TPSA) is 58.2 Å². The van der Waals surface area contributed by atoms with Gasteiger partial charge in [-0.15, -0.1) is 0 Å². The van der Waals surface area contributed by atoms with Crippen molar-refractivity contribution >= 4 is 23.2 Å². The summed E-state index contributed by atoms with van der Waals surface area (Å²) in [5, 5.41) is 5.90. The average Bonchev–Trinajstić information content (AvgIpc) is 3.43. The Balaban J connectivity index is 1.59. The Labute approximate surface area is 142 Å². The summed E-state index contributed by atoms with van der Waals surface area (Å²) >= 11 is 0. The van der Waals surface area contributed by atoms with Crippen molar-refractivity contribution in [2.45, 2.75) is 32.6 Å². The Morgan fingerprint density at radius 3 is 2.29 bits per heavy atom. The molecule has 0 aromatic heterocycles. The molecule has 24 heavy (non-hydrogen) atoms. The fourth-order valence-corrected chi connectivity index (χ4v) is 2.60. The molecule has 124 valence electrons. The van der Waals surface area contributed by atoms with E-state index in [1.165, 1.54) is 0 Å². The predicted octanol–water partition coefficient (Wildman–Crippen LogP) is 3.91. The summed E-state index contributed by atoms with van der Waals surface area (Å²) in [5.74, 6) is 0.215. The van der Waals surface area contributed by atoms with Crippen LogP contribution in [0.3, 0.4) is 0 Å². The molecular weight excluding hydrogens is 300 g/mol. The maximum atomic E-state index is 12.2. The number of hydrogen-bond acceptors (Lipinski definition) is 2. The van der Waals surface area contributed by atoms with Gasteiger partial charge in [-0.05, 0) is 49.4 Å². The smallest absolute Gasteiger partial charge is 0.227 e. The first-order valence-corrected chi connectivity index (χ1v) is 8.38. The van der Waals surface area contributed by atoms with E-state index < -0.39 is 0 Å². The fourth-order valence-electron chi connectivity index (χ4n) is 2.60. The van der Waals surface area contributed by atoms with Crippen LogP contribution in [0, 0.1) is 12.8 Å². The lowest BCUT2D eigenvalue weighted by molar-refractivity contribution is -0.117. The van der Waals surface area contributed by atoms with Gasteiger partial charge in [0.05, 0.1) is 0 Å². The zero-order chi connectivity index (χ0) is 16.9. The van der Waals surface area contributed by atoms with Crippen molar-refractivity contribution < 1.29 is 9.59 Å². The van der Waals surface area contributed by atoms with Crippen molar-refractivity contribution in [3.8, 4) is 0 Å². The largest absolute Gasteiger partial charge is 0.326 e. The number of hydrogen-bond donors (Lipinski definition) is 2. The van der Waals surface area contributed by atoms with Gasteiger partial charge in [0.2, 0.25) is 11.8 Å². The van der Waals surface area contributed by atoms with Gasteiger partial charge in [0.1, 0.15) is 0 Å². The predicted molar refractivity (Wildman–Crippen MR) is 95.9 cm³/mol. The zero-order valence-corrected chi connectivity index (χ0v) is 13.8. The number of carbonyl (C=O) groups is 2. The summed E-state index contributed by atoms with van der Waals surface area (Å²) in [5.41, 5.74) is 3.56. The first-order valence-electron chi connectivity index (χ1n) is 8.38. The summed E-state index contributed by atoms with van der Waals surface area (Å²) in [7, 11) is 0. The van der Waals surface area contributed by atoms with E-state index in [1.807, 2.05) is 55.5 Å². The second kappa shape index (κ2) is 7.30. The van der Waals surface area contributed by atoms with E-state index in [0.29, 0.717) is 12.8 Å². The highest BCUT2D eigenvalue weighted by Crippen LogP contribution is 2.31. The maximum Gasteiger partial charge on any atom is 0.227 e. The second-order valence-electron chi connectivity index (χ2n) is 6.28. The zero-order valence-electron chi connectivity index (χ0n) is 13.8. The molecule has 2 amide bonds. The first-order chi connectivity index (χ1) is 11.6. The number of rotatable bonds is 6. The molecule has 0 aliphatic heterocycles. The first kappa shape index (κ1) is 16.2. The van der Waals surface area contributed by atoms with Crippen LogP contribution in [-0.4, -0.2) is 11.8 Å². The van der Waals surface area contributed by atoms with Gasteiger partial charge in [-0.2, -0.15) is 0 Å². The lowest BCUT2D eigenvalue weighted by atomic mass is 10.1. The maximum absolute atomic E-state index is 12.2. The van der Waals surface area contributed by atoms with E-state index in [-0.39, 0.29) is 17.7 Å². The number of anilines is 2. The minimum Gasteiger partial charge on any atom is -0.326 e. The van der Waals surface area contributed by atoms with Gasteiger partial charge >= 0.3 is 0 Å². The van der Waals surface area contributed by atoms with E-state index >= 15 is 0 Å². The van der Waals surface area contributed by atoms with Gasteiger partial charge in [-0.1, -0.05) is 36.4 Å². The molecule has 0 saturated heterocycles. The van der Waals surface area contributed by atoms with Crippen LogP contribution in [0.4, 0.5) is 11.4 Å². The number of benzene rings is 2. The normalized spacial score (nSPS) is 13.4. The summed E-state index contributed by atoms with van der Waals surface area (Å²) in [6.07, 6.45) is 3.09. The van der Waals surface area contributed by atoms with Crippen LogP contribution in [0.5, 0.6) is 0 Å². The van der Waals surface area contributed by atoms with Gasteiger partial charge in [0, 0.05) is 23.7 Å². The van der Waals surface area contributed by atoms with Crippen LogP contribution in [-0.2, 0) is 16.0 Å². The molecule has 0 atom stereocenters. The third kappa shape index (κ3) is 4.22. The standard InChI is InChI=1S/C20H22N2O2/c1-14-17(8-5-9-18(14)22-20(24)16-11-12-16)21-19(23)13-10-15-6-3-2-4-7-15/h2-9,16H,10-13H2,1H3,(H,21,23)(H,22,24). The van der Waals surface area contributed by atoms with Crippen LogP contribution < -0.4 is 10.6 Å². The molecule has 0 spiro atoms. The molecular formula is C20H22N2O2. The number of nitrogens with one attached hydrogen (secondary N) is 2. The highest BCUT2D eigenvalue weighted by Gasteiger charge is 2.29. The Bertz CT molecular complexity index is 737. The molecule has 2 aromatic rings. The Morgan fingerprint density at radius 1 is 0.958 bits per heavy atom.